The first kappa shape index (κ1) is 14.5. The molecule has 0 amide bonds. The van der Waals surface area contributed by atoms with E-state index in [4.69, 9.17) is 17.4 Å². The van der Waals surface area contributed by atoms with Gasteiger partial charge in [0.15, 0.2) is 5.82 Å². The number of hydrazine groups is 1. The van der Waals surface area contributed by atoms with Crippen molar-refractivity contribution in [3.8, 4) is 0 Å². The molecular weight excluding hydrogens is 284 g/mol. The van der Waals surface area contributed by atoms with Crippen molar-refractivity contribution in [2.45, 2.75) is 4.90 Å². The van der Waals surface area contributed by atoms with E-state index in [0.717, 1.165) is 0 Å². The van der Waals surface area contributed by atoms with E-state index in [2.05, 4.69) is 15.1 Å². The van der Waals surface area contributed by atoms with Crippen molar-refractivity contribution in [3.63, 3.8) is 0 Å². The molecule has 0 atom stereocenters. The molecule has 1 rings (SSSR count). The number of nitrogens with two attached hydrogens (primary N) is 1. The molecule has 0 aliphatic heterocycles. The van der Waals surface area contributed by atoms with Gasteiger partial charge in [-0.25, -0.2) is 24.0 Å². The van der Waals surface area contributed by atoms with Crippen LogP contribution in [-0.4, -0.2) is 32.0 Å². The average molecular weight is 297 g/mol. The first-order chi connectivity index (χ1) is 8.01. The second-order valence-electron chi connectivity index (χ2n) is 3.04. The van der Waals surface area contributed by atoms with Crippen LogP contribution in [0.2, 0.25) is 5.02 Å². The summed E-state index contributed by atoms with van der Waals surface area (Å²) < 4.78 is 26.0. The first-order valence-corrected chi connectivity index (χ1v) is 7.87. The molecule has 1 heterocycles. The van der Waals surface area contributed by atoms with E-state index in [1.165, 1.54) is 12.3 Å². The van der Waals surface area contributed by atoms with Crippen LogP contribution in [0.5, 0.6) is 0 Å². The van der Waals surface area contributed by atoms with Gasteiger partial charge in [-0.3, -0.25) is 0 Å². The van der Waals surface area contributed by atoms with Crippen LogP contribution >= 0.6 is 23.4 Å². The highest BCUT2D eigenvalue weighted by molar-refractivity contribution is 7.98. The molecule has 0 bridgehead atoms. The molecule has 1 aromatic rings. The monoisotopic (exact) mass is 296 g/mol. The van der Waals surface area contributed by atoms with Crippen molar-refractivity contribution in [1.82, 2.24) is 9.71 Å². The molecule has 0 aliphatic rings. The number of nitrogens with one attached hydrogen (secondary N) is 2. The van der Waals surface area contributed by atoms with Gasteiger partial charge >= 0.3 is 0 Å². The molecule has 9 heteroatoms. The van der Waals surface area contributed by atoms with E-state index in [0.29, 0.717) is 12.3 Å². The Morgan fingerprint density at radius 2 is 2.29 bits per heavy atom. The standard InChI is InChI=1S/C8H13ClN4O2S2/c1-16-3-2-12-17(14,15)6-4-7(9)8(13-10)11-5-6/h4-5,12H,2-3,10H2,1H3,(H,11,13). The minimum absolute atomic E-state index is 0.0163. The fraction of sp³-hybridized carbons (Fsp3) is 0.375. The van der Waals surface area contributed by atoms with Crippen LogP contribution in [0.4, 0.5) is 5.82 Å². The fourth-order valence-electron chi connectivity index (χ4n) is 1.03. The summed E-state index contributed by atoms with van der Waals surface area (Å²) in [6, 6.07) is 1.30. The molecule has 17 heavy (non-hydrogen) atoms. The summed E-state index contributed by atoms with van der Waals surface area (Å²) in [5.74, 6) is 6.07. The van der Waals surface area contributed by atoms with E-state index in [-0.39, 0.29) is 15.7 Å². The highest BCUT2D eigenvalue weighted by Crippen LogP contribution is 2.21. The van der Waals surface area contributed by atoms with Gasteiger partial charge in [0.05, 0.1) is 5.02 Å². The number of nitrogens with zero attached hydrogens (tertiary/aromatic N) is 1. The molecule has 0 unspecified atom stereocenters. The van der Waals surface area contributed by atoms with Crippen LogP contribution in [0.3, 0.4) is 0 Å². The number of nitrogen functional groups attached to an aromatic ring is 1. The van der Waals surface area contributed by atoms with E-state index >= 15 is 0 Å². The van der Waals surface area contributed by atoms with E-state index in [1.807, 2.05) is 6.26 Å². The Kier molecular flexibility index (Phi) is 5.47. The van der Waals surface area contributed by atoms with Gasteiger partial charge in [-0.2, -0.15) is 11.8 Å². The molecule has 0 fully saturated rings. The summed E-state index contributed by atoms with van der Waals surface area (Å²) in [7, 11) is -3.56. The predicted octanol–water partition coefficient (Wildman–Crippen LogP) is 0.662. The van der Waals surface area contributed by atoms with Gasteiger partial charge in [-0.05, 0) is 12.3 Å². The summed E-state index contributed by atoms with van der Waals surface area (Å²) in [4.78, 5) is 3.82. The van der Waals surface area contributed by atoms with E-state index in [9.17, 15) is 8.42 Å². The Morgan fingerprint density at radius 1 is 1.59 bits per heavy atom. The van der Waals surface area contributed by atoms with Crippen molar-refractivity contribution in [1.29, 1.82) is 0 Å². The second kappa shape index (κ2) is 6.41. The Bertz CT molecular complexity index is 480. The molecule has 0 saturated carbocycles. The number of hydrogen-bond acceptors (Lipinski definition) is 6. The second-order valence-corrected chi connectivity index (χ2v) is 6.20. The lowest BCUT2D eigenvalue weighted by Gasteiger charge is -2.07. The van der Waals surface area contributed by atoms with Gasteiger partial charge < -0.3 is 5.43 Å². The molecular formula is C8H13ClN4O2S2. The quantitative estimate of drug-likeness (QED) is 0.405. The van der Waals surface area contributed by atoms with Gasteiger partial charge in [-0.15, -0.1) is 0 Å². The lowest BCUT2D eigenvalue weighted by atomic mass is 10.5. The fourth-order valence-corrected chi connectivity index (χ4v) is 2.76. The number of pyridine rings is 1. The topological polar surface area (TPSA) is 97.1 Å². The SMILES string of the molecule is CSCCNS(=O)(=O)c1cnc(NN)c(Cl)c1. The predicted molar refractivity (Wildman–Crippen MR) is 70.6 cm³/mol. The lowest BCUT2D eigenvalue weighted by Crippen LogP contribution is -2.26. The summed E-state index contributed by atoms with van der Waals surface area (Å²) >= 11 is 7.35. The number of rotatable bonds is 6. The third-order valence-corrected chi connectivity index (χ3v) is 4.19. The van der Waals surface area contributed by atoms with Crippen LogP contribution in [0.25, 0.3) is 0 Å². The smallest absolute Gasteiger partial charge is 0.242 e. The minimum atomic E-state index is -3.56. The Hall–Kier alpha value is -0.540. The molecule has 4 N–H and O–H groups in total. The summed E-state index contributed by atoms with van der Waals surface area (Å²) in [5, 5.41) is 0.153. The van der Waals surface area contributed by atoms with Crippen LogP contribution in [0, 0.1) is 0 Å². The molecule has 0 aliphatic carbocycles. The van der Waals surface area contributed by atoms with E-state index in [1.54, 1.807) is 11.8 Å². The number of hydrogen-bond donors (Lipinski definition) is 3. The maximum atomic E-state index is 11.8. The highest BCUT2D eigenvalue weighted by atomic mass is 35.5. The maximum Gasteiger partial charge on any atom is 0.242 e. The Labute approximate surface area is 109 Å². The minimum Gasteiger partial charge on any atom is -0.307 e. The largest absolute Gasteiger partial charge is 0.307 e. The van der Waals surface area contributed by atoms with Gasteiger partial charge in [0.25, 0.3) is 0 Å². The summed E-state index contributed by atoms with van der Waals surface area (Å²) in [6.45, 7) is 0.359. The van der Waals surface area contributed by atoms with Crippen molar-refractivity contribution < 1.29 is 8.42 Å². The molecule has 0 aromatic carbocycles. The lowest BCUT2D eigenvalue weighted by molar-refractivity contribution is 0.584. The van der Waals surface area contributed by atoms with Crippen LogP contribution in [0.15, 0.2) is 17.2 Å². The number of aromatic nitrogens is 1. The molecule has 0 spiro atoms. The van der Waals surface area contributed by atoms with Crippen molar-refractivity contribution >= 4 is 39.2 Å². The Morgan fingerprint density at radius 3 is 2.82 bits per heavy atom. The Balaban J connectivity index is 2.88. The molecule has 0 radical (unpaired) electrons. The molecule has 1 aromatic heterocycles. The molecule has 6 nitrogen and oxygen atoms in total. The first-order valence-electron chi connectivity index (χ1n) is 4.62. The highest BCUT2D eigenvalue weighted by Gasteiger charge is 2.15. The van der Waals surface area contributed by atoms with Crippen molar-refractivity contribution in [3.05, 3.63) is 17.3 Å². The zero-order valence-electron chi connectivity index (χ0n) is 9.10. The van der Waals surface area contributed by atoms with Crippen molar-refractivity contribution in [2.24, 2.45) is 5.84 Å². The molecule has 0 saturated heterocycles. The normalized spacial score (nSPS) is 11.5. The van der Waals surface area contributed by atoms with Crippen LogP contribution in [0.1, 0.15) is 0 Å². The zero-order chi connectivity index (χ0) is 12.9. The zero-order valence-corrected chi connectivity index (χ0v) is 11.5. The summed E-state index contributed by atoms with van der Waals surface area (Å²) in [5.41, 5.74) is 2.26. The number of thioether (sulfide) groups is 1. The van der Waals surface area contributed by atoms with Gasteiger partial charge in [0, 0.05) is 18.5 Å². The number of anilines is 1. The third kappa shape index (κ3) is 4.00. The van der Waals surface area contributed by atoms with Gasteiger partial charge in [0.1, 0.15) is 4.90 Å². The maximum absolute atomic E-state index is 11.8. The molecule has 96 valence electrons. The van der Waals surface area contributed by atoms with Crippen molar-refractivity contribution in [2.75, 3.05) is 24.0 Å². The van der Waals surface area contributed by atoms with Crippen LogP contribution in [-0.2, 0) is 10.0 Å². The van der Waals surface area contributed by atoms with E-state index < -0.39 is 10.0 Å². The van der Waals surface area contributed by atoms with Gasteiger partial charge in [-0.1, -0.05) is 11.6 Å². The summed E-state index contributed by atoms with van der Waals surface area (Å²) in [6.07, 6.45) is 3.09. The van der Waals surface area contributed by atoms with Crippen LogP contribution < -0.4 is 16.0 Å². The van der Waals surface area contributed by atoms with Gasteiger partial charge in [0.2, 0.25) is 10.0 Å². The third-order valence-electron chi connectivity index (χ3n) is 1.86. The average Bonchev–Trinajstić information content (AvgIpc) is 2.29. The number of halogens is 1. The number of sulfonamides is 1.